The van der Waals surface area contributed by atoms with Crippen LogP contribution in [0.15, 0.2) is 10.8 Å². The molecule has 8 heteroatoms. The molecule has 0 amide bonds. The Morgan fingerprint density at radius 3 is 1.83 bits per heavy atom. The molecule has 0 fully saturated rings. The van der Waals surface area contributed by atoms with Crippen molar-refractivity contribution in [2.45, 2.75) is 11.6 Å². The van der Waals surface area contributed by atoms with Crippen molar-refractivity contribution >= 4 is 29.2 Å². The fraction of sp³-hybridized carbons (Fsp3) is 0.700. The number of alkyl halides is 1. The molecule has 0 aromatic heterocycles. The number of carbonyl (C=O) groups is 1. The topological polar surface area (TPSA) is 63.2 Å². The minimum absolute atomic E-state index is 0.0228. The maximum Gasteiger partial charge on any atom is 0.326 e. The van der Waals surface area contributed by atoms with Gasteiger partial charge in [-0.2, -0.15) is 0 Å². The summed E-state index contributed by atoms with van der Waals surface area (Å²) in [6.45, 7) is 0. The van der Waals surface area contributed by atoms with Crippen molar-refractivity contribution in [1.82, 2.24) is 0 Å². The summed E-state index contributed by atoms with van der Waals surface area (Å²) in [5, 5.41) is 0.0228. The molecule has 0 bridgehead atoms. The minimum atomic E-state index is -1.56. The molecule has 0 radical (unpaired) electrons. The van der Waals surface area contributed by atoms with Gasteiger partial charge >= 0.3 is 5.97 Å². The third kappa shape index (κ3) is 1.84. The van der Waals surface area contributed by atoms with Crippen LogP contribution in [0.5, 0.6) is 0 Å². The zero-order chi connectivity index (χ0) is 14.0. The third-order valence-corrected chi connectivity index (χ3v) is 3.33. The monoisotopic (exact) mass is 300 g/mol. The van der Waals surface area contributed by atoms with Gasteiger partial charge in [0.2, 0.25) is 0 Å². The summed E-state index contributed by atoms with van der Waals surface area (Å²) in [5.74, 6) is -4.10. The highest BCUT2D eigenvalue weighted by Crippen LogP contribution is 2.55. The van der Waals surface area contributed by atoms with E-state index in [1.165, 1.54) is 28.4 Å². The van der Waals surface area contributed by atoms with E-state index in [4.69, 9.17) is 46.9 Å². The van der Waals surface area contributed by atoms with Crippen LogP contribution in [0, 0.1) is 0 Å². The Balaban J connectivity index is 3.22. The van der Waals surface area contributed by atoms with Gasteiger partial charge in [-0.1, -0.05) is 11.6 Å². The maximum absolute atomic E-state index is 11.2. The largest absolute Gasteiger partial charge is 0.423 e. The molecule has 0 saturated heterocycles. The van der Waals surface area contributed by atoms with E-state index in [1.54, 1.807) is 0 Å². The van der Waals surface area contributed by atoms with Crippen LogP contribution < -0.4 is 0 Å². The number of rotatable bonds is 6. The smallest absolute Gasteiger partial charge is 0.326 e. The molecule has 0 heterocycles. The van der Waals surface area contributed by atoms with Crippen LogP contribution in [0.2, 0.25) is 0 Å². The second kappa shape index (κ2) is 5.73. The second-order valence-electron chi connectivity index (χ2n) is 3.30. The van der Waals surface area contributed by atoms with Crippen molar-refractivity contribution in [3.63, 3.8) is 0 Å². The van der Waals surface area contributed by atoms with E-state index in [9.17, 15) is 4.79 Å². The Morgan fingerprint density at radius 2 is 1.50 bits per heavy atom. The molecule has 1 aliphatic carbocycles. The maximum atomic E-state index is 11.2. The summed E-state index contributed by atoms with van der Waals surface area (Å²) in [4.78, 5) is 11.2. The molecule has 0 aromatic rings. The number of carbonyl (C=O) groups excluding carboxylic acids is 1. The third-order valence-electron chi connectivity index (χ3n) is 2.70. The number of halogens is 2. The number of hydrogen-bond acceptors (Lipinski definition) is 6. The van der Waals surface area contributed by atoms with E-state index in [2.05, 4.69) is 0 Å². The number of ether oxygens (including phenoxy) is 5. The molecule has 104 valence electrons. The summed E-state index contributed by atoms with van der Waals surface area (Å²) in [6, 6.07) is 0. The summed E-state index contributed by atoms with van der Waals surface area (Å²) < 4.78 is 25.8. The summed E-state index contributed by atoms with van der Waals surface area (Å²) in [7, 11) is 5.40. The van der Waals surface area contributed by atoms with Crippen molar-refractivity contribution in [3.8, 4) is 0 Å². The van der Waals surface area contributed by atoms with E-state index >= 15 is 0 Å². The molecule has 18 heavy (non-hydrogen) atoms. The van der Waals surface area contributed by atoms with Crippen LogP contribution in [0.3, 0.4) is 0 Å². The molecule has 0 unspecified atom stereocenters. The lowest BCUT2D eigenvalue weighted by atomic mass is 9.89. The predicted octanol–water partition coefficient (Wildman–Crippen LogP) is 1.21. The molecule has 0 N–H and O–H groups in total. The van der Waals surface area contributed by atoms with Gasteiger partial charge in [0.15, 0.2) is 5.76 Å². The molecule has 0 spiro atoms. The van der Waals surface area contributed by atoms with Gasteiger partial charge < -0.3 is 23.7 Å². The first-order chi connectivity index (χ1) is 8.49. The molecule has 0 saturated carbocycles. The van der Waals surface area contributed by atoms with Gasteiger partial charge in [0.05, 0.1) is 0 Å². The molecule has 6 nitrogen and oxygen atoms in total. The van der Waals surface area contributed by atoms with Gasteiger partial charge in [-0.05, 0) is 0 Å². The molecule has 0 atom stereocenters. The van der Waals surface area contributed by atoms with Crippen molar-refractivity contribution in [2.24, 2.45) is 0 Å². The van der Waals surface area contributed by atoms with Crippen LogP contribution in [0.25, 0.3) is 0 Å². The van der Waals surface area contributed by atoms with Crippen LogP contribution in [-0.4, -0.2) is 51.9 Å². The van der Waals surface area contributed by atoms with E-state index < -0.39 is 17.5 Å². The number of methoxy groups -OCH3 is 4. The zero-order valence-electron chi connectivity index (χ0n) is 10.4. The average molecular weight is 301 g/mol. The molecular formula is C10H14Cl2O6. The zero-order valence-corrected chi connectivity index (χ0v) is 11.9. The van der Waals surface area contributed by atoms with E-state index in [0.717, 1.165) is 0 Å². The standard InChI is InChI=1S/C10H14Cl2O6/c1-14-9(15-2)7(12)8(18-6(13)5-11)10(9,16-3)17-4/h5H2,1-4H3. The first-order valence-corrected chi connectivity index (χ1v) is 5.78. The number of hydrogen-bond donors (Lipinski definition) is 0. The highest BCUT2D eigenvalue weighted by Gasteiger charge is 2.72. The Hall–Kier alpha value is -0.370. The molecule has 0 aromatic carbocycles. The SMILES string of the molecule is COC1(OC)C(Cl)=C(OC(=O)CCl)C1(OC)OC. The van der Waals surface area contributed by atoms with Gasteiger partial charge in [-0.15, -0.1) is 11.6 Å². The fourth-order valence-electron chi connectivity index (χ4n) is 1.85. The highest BCUT2D eigenvalue weighted by atomic mass is 35.5. The van der Waals surface area contributed by atoms with Gasteiger partial charge in [0.1, 0.15) is 10.9 Å². The predicted molar refractivity (Wildman–Crippen MR) is 63.2 cm³/mol. The van der Waals surface area contributed by atoms with E-state index in [-0.39, 0.29) is 16.7 Å². The van der Waals surface area contributed by atoms with Crippen molar-refractivity contribution in [3.05, 3.63) is 10.8 Å². The second-order valence-corrected chi connectivity index (χ2v) is 3.95. The van der Waals surface area contributed by atoms with Crippen molar-refractivity contribution in [2.75, 3.05) is 34.3 Å². The van der Waals surface area contributed by atoms with Crippen LogP contribution in [0.4, 0.5) is 0 Å². The van der Waals surface area contributed by atoms with Crippen LogP contribution in [-0.2, 0) is 28.5 Å². The fourth-order valence-corrected chi connectivity index (χ4v) is 2.34. The van der Waals surface area contributed by atoms with E-state index in [1.807, 2.05) is 0 Å². The molecular weight excluding hydrogens is 287 g/mol. The lowest BCUT2D eigenvalue weighted by Gasteiger charge is -2.52. The first kappa shape index (κ1) is 15.7. The summed E-state index contributed by atoms with van der Waals surface area (Å²) in [6.07, 6.45) is 0. The normalized spacial score (nSPS) is 20.6. The van der Waals surface area contributed by atoms with Crippen molar-refractivity contribution < 1.29 is 28.5 Å². The average Bonchev–Trinajstić information content (AvgIpc) is 2.41. The minimum Gasteiger partial charge on any atom is -0.423 e. The lowest BCUT2D eigenvalue weighted by Crippen LogP contribution is -2.68. The first-order valence-electron chi connectivity index (χ1n) is 4.87. The highest BCUT2D eigenvalue weighted by molar-refractivity contribution is 6.32. The number of esters is 1. The molecule has 1 aliphatic rings. The van der Waals surface area contributed by atoms with Crippen molar-refractivity contribution in [1.29, 1.82) is 0 Å². The Bertz CT molecular complexity index is 359. The van der Waals surface area contributed by atoms with Gasteiger partial charge in [0.25, 0.3) is 11.6 Å². The Labute approximate surface area is 115 Å². The lowest BCUT2D eigenvalue weighted by molar-refractivity contribution is -0.382. The van der Waals surface area contributed by atoms with Gasteiger partial charge in [-0.3, -0.25) is 4.79 Å². The summed E-state index contributed by atoms with van der Waals surface area (Å²) >= 11 is 11.4. The molecule has 1 rings (SSSR count). The van der Waals surface area contributed by atoms with Crippen LogP contribution in [0.1, 0.15) is 0 Å². The van der Waals surface area contributed by atoms with E-state index in [0.29, 0.717) is 0 Å². The van der Waals surface area contributed by atoms with Gasteiger partial charge in [0, 0.05) is 28.4 Å². The Kier molecular flexibility index (Phi) is 4.99. The van der Waals surface area contributed by atoms with Gasteiger partial charge in [-0.25, -0.2) is 0 Å². The van der Waals surface area contributed by atoms with Crippen LogP contribution >= 0.6 is 23.2 Å². The Morgan fingerprint density at radius 1 is 1.06 bits per heavy atom. The summed E-state index contributed by atoms with van der Waals surface area (Å²) in [5.41, 5.74) is 0. The quantitative estimate of drug-likeness (QED) is 0.417. The molecule has 0 aliphatic heterocycles.